The molecular formula is C17H21FN4O3. The van der Waals surface area contributed by atoms with Crippen molar-refractivity contribution in [3.05, 3.63) is 32.7 Å². The van der Waals surface area contributed by atoms with Crippen LogP contribution in [0.4, 0.5) is 10.1 Å². The molecule has 7 nitrogen and oxygen atoms in total. The lowest BCUT2D eigenvalue weighted by Gasteiger charge is -2.31. The summed E-state index contributed by atoms with van der Waals surface area (Å²) in [4.78, 5) is 26.9. The van der Waals surface area contributed by atoms with Crippen LogP contribution in [0.3, 0.4) is 0 Å². The summed E-state index contributed by atoms with van der Waals surface area (Å²) in [5.41, 5.74) is -0.616. The first-order valence-corrected chi connectivity index (χ1v) is 8.62. The van der Waals surface area contributed by atoms with E-state index in [1.165, 1.54) is 17.7 Å². The van der Waals surface area contributed by atoms with Crippen LogP contribution in [-0.4, -0.2) is 29.4 Å². The van der Waals surface area contributed by atoms with Crippen LogP contribution in [0.25, 0.3) is 10.9 Å². The van der Waals surface area contributed by atoms with E-state index < -0.39 is 17.1 Å². The molecule has 4 rings (SSSR count). The van der Waals surface area contributed by atoms with Gasteiger partial charge in [-0.05, 0) is 38.2 Å². The maximum Gasteiger partial charge on any atom is 0.350 e. The number of benzene rings is 1. The van der Waals surface area contributed by atoms with Crippen LogP contribution in [0.1, 0.15) is 38.1 Å². The molecule has 2 aromatic rings. The van der Waals surface area contributed by atoms with Crippen LogP contribution < -0.4 is 26.7 Å². The number of rotatable bonds is 3. The van der Waals surface area contributed by atoms with Gasteiger partial charge in [-0.15, -0.1) is 0 Å². The molecule has 25 heavy (non-hydrogen) atoms. The van der Waals surface area contributed by atoms with Gasteiger partial charge in [0.2, 0.25) is 0 Å². The molecule has 2 heterocycles. The van der Waals surface area contributed by atoms with Gasteiger partial charge in [-0.25, -0.2) is 9.18 Å². The van der Waals surface area contributed by atoms with E-state index in [1.807, 2.05) is 4.90 Å². The van der Waals surface area contributed by atoms with E-state index in [4.69, 9.17) is 10.6 Å². The van der Waals surface area contributed by atoms with Crippen molar-refractivity contribution in [2.24, 2.45) is 0 Å². The van der Waals surface area contributed by atoms with Crippen molar-refractivity contribution in [2.45, 2.75) is 38.1 Å². The third-order valence-corrected chi connectivity index (χ3v) is 5.07. The van der Waals surface area contributed by atoms with E-state index in [-0.39, 0.29) is 17.2 Å². The molecule has 134 valence electrons. The number of aromatic nitrogens is 2. The predicted molar refractivity (Wildman–Crippen MR) is 93.5 cm³/mol. The highest BCUT2D eigenvalue weighted by Crippen LogP contribution is 2.42. The molecule has 1 aliphatic heterocycles. The van der Waals surface area contributed by atoms with Crippen molar-refractivity contribution in [3.8, 4) is 5.75 Å². The second-order valence-corrected chi connectivity index (χ2v) is 6.74. The number of methoxy groups -OCH3 is 1. The first-order chi connectivity index (χ1) is 12.0. The van der Waals surface area contributed by atoms with Gasteiger partial charge in [-0.3, -0.25) is 9.36 Å². The maximum absolute atomic E-state index is 14.9. The summed E-state index contributed by atoms with van der Waals surface area (Å²) in [6, 6.07) is 1.16. The molecule has 0 bridgehead atoms. The van der Waals surface area contributed by atoms with Gasteiger partial charge >= 0.3 is 5.69 Å². The average molecular weight is 348 g/mol. The van der Waals surface area contributed by atoms with Crippen molar-refractivity contribution in [3.63, 3.8) is 0 Å². The minimum atomic E-state index is -0.709. The minimum absolute atomic E-state index is 0.0287. The Labute approximate surface area is 143 Å². The molecule has 2 fully saturated rings. The number of nitrogens with two attached hydrogens (primary N) is 1. The normalized spacial score (nSPS) is 17.9. The fraction of sp³-hybridized carbons (Fsp3) is 0.529. The molecule has 0 amide bonds. The Morgan fingerprint density at radius 1 is 1.20 bits per heavy atom. The molecular weight excluding hydrogens is 327 g/mol. The molecule has 1 saturated carbocycles. The van der Waals surface area contributed by atoms with E-state index >= 15 is 0 Å². The van der Waals surface area contributed by atoms with Gasteiger partial charge in [0.15, 0.2) is 11.6 Å². The van der Waals surface area contributed by atoms with E-state index in [1.54, 1.807) is 0 Å². The van der Waals surface area contributed by atoms with Crippen LogP contribution in [0.2, 0.25) is 0 Å². The Hall–Kier alpha value is -2.51. The molecule has 2 aliphatic rings. The molecule has 0 radical (unpaired) electrons. The number of piperidine rings is 1. The highest BCUT2D eigenvalue weighted by atomic mass is 19.1. The minimum Gasteiger partial charge on any atom is -0.492 e. The number of anilines is 1. The van der Waals surface area contributed by atoms with Gasteiger partial charge in [0, 0.05) is 19.1 Å². The van der Waals surface area contributed by atoms with Crippen LogP contribution in [0.5, 0.6) is 5.75 Å². The largest absolute Gasteiger partial charge is 0.492 e. The highest BCUT2D eigenvalue weighted by molar-refractivity contribution is 5.91. The Morgan fingerprint density at radius 2 is 1.88 bits per heavy atom. The number of hydrogen-bond donors (Lipinski definition) is 1. The zero-order valence-corrected chi connectivity index (χ0v) is 14.1. The zero-order valence-electron chi connectivity index (χ0n) is 14.1. The fourth-order valence-electron chi connectivity index (χ4n) is 3.71. The van der Waals surface area contributed by atoms with Crippen LogP contribution in [0.15, 0.2) is 15.7 Å². The highest BCUT2D eigenvalue weighted by Gasteiger charge is 2.32. The van der Waals surface area contributed by atoms with E-state index in [0.29, 0.717) is 15.9 Å². The zero-order chi connectivity index (χ0) is 17.7. The van der Waals surface area contributed by atoms with Crippen molar-refractivity contribution in [1.82, 2.24) is 9.24 Å². The van der Waals surface area contributed by atoms with Crippen molar-refractivity contribution in [2.75, 3.05) is 30.9 Å². The third-order valence-electron chi connectivity index (χ3n) is 5.07. The standard InChI is InChI=1S/C17H21FN4O3/c1-25-15-13-11(9-12(18)14(15)20-7-3-2-4-8-20)16(23)22(19)17(24)21(13)10-5-6-10/h9-10H,2-8,19H2,1H3. The Kier molecular flexibility index (Phi) is 3.70. The predicted octanol–water partition coefficient (Wildman–Crippen LogP) is 1.35. The summed E-state index contributed by atoms with van der Waals surface area (Å²) in [5.74, 6) is 5.36. The molecule has 0 unspecified atom stereocenters. The number of ether oxygens (including phenoxy) is 1. The SMILES string of the molecule is COc1c(N2CCCCC2)c(F)cc2c(=O)n(N)c(=O)n(C3CC3)c12. The second kappa shape index (κ2) is 5.79. The molecule has 1 aliphatic carbocycles. The lowest BCUT2D eigenvalue weighted by atomic mass is 10.1. The van der Waals surface area contributed by atoms with Crippen molar-refractivity contribution >= 4 is 16.6 Å². The van der Waals surface area contributed by atoms with E-state index in [2.05, 4.69) is 0 Å². The van der Waals surface area contributed by atoms with E-state index in [0.717, 1.165) is 45.2 Å². The van der Waals surface area contributed by atoms with Gasteiger partial charge in [0.25, 0.3) is 5.56 Å². The molecule has 2 N–H and O–H groups in total. The van der Waals surface area contributed by atoms with Gasteiger partial charge < -0.3 is 15.5 Å². The quantitative estimate of drug-likeness (QED) is 0.847. The van der Waals surface area contributed by atoms with Gasteiger partial charge in [-0.2, -0.15) is 4.68 Å². The van der Waals surface area contributed by atoms with Crippen molar-refractivity contribution < 1.29 is 9.13 Å². The summed E-state index contributed by atoms with van der Waals surface area (Å²) in [6.45, 7) is 1.45. The molecule has 0 atom stereocenters. The number of hydrogen-bond acceptors (Lipinski definition) is 5. The topological polar surface area (TPSA) is 82.5 Å². The number of nitrogens with zero attached hydrogens (tertiary/aromatic N) is 3. The number of halogens is 1. The second-order valence-electron chi connectivity index (χ2n) is 6.74. The Morgan fingerprint density at radius 3 is 2.48 bits per heavy atom. The summed E-state index contributed by atoms with van der Waals surface area (Å²) in [5, 5.41) is 0.0732. The summed E-state index contributed by atoms with van der Waals surface area (Å²) >= 11 is 0. The van der Waals surface area contributed by atoms with Gasteiger partial charge in [0.05, 0.1) is 12.5 Å². The number of fused-ring (bicyclic) bond motifs is 1. The van der Waals surface area contributed by atoms with Gasteiger partial charge in [-0.1, -0.05) is 0 Å². The molecule has 1 saturated heterocycles. The molecule has 8 heteroatoms. The van der Waals surface area contributed by atoms with E-state index in [9.17, 15) is 14.0 Å². The fourth-order valence-corrected chi connectivity index (χ4v) is 3.71. The molecule has 1 aromatic heterocycles. The first-order valence-electron chi connectivity index (χ1n) is 8.62. The third kappa shape index (κ3) is 2.39. The van der Waals surface area contributed by atoms with Crippen LogP contribution in [0, 0.1) is 5.82 Å². The number of nitrogen functional groups attached to an aromatic ring is 1. The maximum atomic E-state index is 14.9. The molecule has 0 spiro atoms. The van der Waals surface area contributed by atoms with Crippen molar-refractivity contribution in [1.29, 1.82) is 0 Å². The summed E-state index contributed by atoms with van der Waals surface area (Å²) in [6.07, 6.45) is 4.71. The smallest absolute Gasteiger partial charge is 0.350 e. The lowest BCUT2D eigenvalue weighted by molar-refractivity contribution is 0.410. The lowest BCUT2D eigenvalue weighted by Crippen LogP contribution is -2.44. The van der Waals surface area contributed by atoms with Crippen LogP contribution >= 0.6 is 0 Å². The summed E-state index contributed by atoms with van der Waals surface area (Å²) < 4.78 is 22.5. The first kappa shape index (κ1) is 16.0. The molecule has 1 aromatic carbocycles. The summed E-state index contributed by atoms with van der Waals surface area (Å²) in [7, 11) is 1.44. The Balaban J connectivity index is 2.10. The average Bonchev–Trinajstić information content (AvgIpc) is 3.45. The van der Waals surface area contributed by atoms with Crippen LogP contribution in [-0.2, 0) is 0 Å². The van der Waals surface area contributed by atoms with Gasteiger partial charge in [0.1, 0.15) is 11.2 Å². The Bertz CT molecular complexity index is 955. The monoisotopic (exact) mass is 348 g/mol.